The summed E-state index contributed by atoms with van der Waals surface area (Å²) in [6.07, 6.45) is 8.71. The highest BCUT2D eigenvalue weighted by atomic mass is 16.1. The van der Waals surface area contributed by atoms with Crippen LogP contribution in [0.15, 0.2) is 12.2 Å². The number of amides is 1. The molecule has 0 aliphatic heterocycles. The van der Waals surface area contributed by atoms with E-state index in [9.17, 15) is 4.79 Å². The Morgan fingerprint density at radius 2 is 1.92 bits per heavy atom. The lowest BCUT2D eigenvalue weighted by Crippen LogP contribution is -2.39. The highest BCUT2D eigenvalue weighted by Crippen LogP contribution is 2.18. The van der Waals surface area contributed by atoms with Crippen molar-refractivity contribution in [2.75, 3.05) is 6.54 Å². The van der Waals surface area contributed by atoms with Gasteiger partial charge in [0, 0.05) is 12.1 Å². The summed E-state index contributed by atoms with van der Waals surface area (Å²) in [6.45, 7) is 0.487. The second kappa shape index (κ2) is 3.92. The van der Waals surface area contributed by atoms with E-state index in [0.717, 1.165) is 12.8 Å². The van der Waals surface area contributed by atoms with Gasteiger partial charge in [-0.2, -0.15) is 0 Å². The molecule has 0 aromatic heterocycles. The minimum Gasteiger partial charge on any atom is -0.352 e. The zero-order valence-electron chi connectivity index (χ0n) is 7.75. The number of rotatable bonds is 4. The van der Waals surface area contributed by atoms with E-state index >= 15 is 0 Å². The molecule has 2 aliphatic carbocycles. The maximum atomic E-state index is 11.3. The Morgan fingerprint density at radius 3 is 2.54 bits per heavy atom. The van der Waals surface area contributed by atoms with Crippen LogP contribution in [0.4, 0.5) is 0 Å². The van der Waals surface area contributed by atoms with Crippen molar-refractivity contribution in [1.29, 1.82) is 0 Å². The lowest BCUT2D eigenvalue weighted by atomic mass is 10.2. The number of hydrogen-bond acceptors (Lipinski definition) is 2. The second-order valence-corrected chi connectivity index (χ2v) is 3.86. The summed E-state index contributed by atoms with van der Waals surface area (Å²) < 4.78 is 0. The van der Waals surface area contributed by atoms with Crippen LogP contribution in [-0.2, 0) is 4.79 Å². The summed E-state index contributed by atoms with van der Waals surface area (Å²) in [5, 5.41) is 6.20. The van der Waals surface area contributed by atoms with Crippen molar-refractivity contribution in [2.24, 2.45) is 0 Å². The Morgan fingerprint density at radius 1 is 1.23 bits per heavy atom. The Hall–Kier alpha value is -0.830. The average molecular weight is 180 g/mol. The predicted molar refractivity (Wildman–Crippen MR) is 51.3 cm³/mol. The zero-order valence-corrected chi connectivity index (χ0v) is 7.75. The molecule has 0 radical (unpaired) electrons. The third-order valence-corrected chi connectivity index (χ3v) is 2.50. The van der Waals surface area contributed by atoms with E-state index in [2.05, 4.69) is 22.8 Å². The van der Waals surface area contributed by atoms with Gasteiger partial charge in [0.25, 0.3) is 0 Å². The van der Waals surface area contributed by atoms with Crippen molar-refractivity contribution in [3.63, 3.8) is 0 Å². The fourth-order valence-corrected chi connectivity index (χ4v) is 1.54. The first-order valence-corrected chi connectivity index (χ1v) is 5.02. The third-order valence-electron chi connectivity index (χ3n) is 2.50. The van der Waals surface area contributed by atoms with E-state index in [1.165, 1.54) is 12.8 Å². The molecule has 1 amide bonds. The Labute approximate surface area is 78.6 Å². The lowest BCUT2D eigenvalue weighted by molar-refractivity contribution is -0.120. The van der Waals surface area contributed by atoms with Gasteiger partial charge in [-0.1, -0.05) is 12.2 Å². The summed E-state index contributed by atoms with van der Waals surface area (Å²) in [5.41, 5.74) is 0. The molecule has 0 unspecified atom stereocenters. The zero-order chi connectivity index (χ0) is 9.10. The molecular weight excluding hydrogens is 164 g/mol. The number of carbonyl (C=O) groups excluding carboxylic acids is 1. The van der Waals surface area contributed by atoms with Crippen LogP contribution in [0.5, 0.6) is 0 Å². The van der Waals surface area contributed by atoms with Crippen LogP contribution in [0, 0.1) is 0 Å². The summed E-state index contributed by atoms with van der Waals surface area (Å²) in [5.74, 6) is 0.139. The Bertz CT molecular complexity index is 213. The molecule has 1 fully saturated rings. The predicted octanol–water partition coefficient (Wildman–Crippen LogP) is 0.573. The van der Waals surface area contributed by atoms with Gasteiger partial charge in [0.1, 0.15) is 0 Å². The molecule has 0 spiro atoms. The summed E-state index contributed by atoms with van der Waals surface area (Å²) in [4.78, 5) is 11.3. The van der Waals surface area contributed by atoms with Crippen LogP contribution < -0.4 is 10.6 Å². The summed E-state index contributed by atoms with van der Waals surface area (Å²) in [7, 11) is 0. The molecule has 1 saturated carbocycles. The first-order valence-electron chi connectivity index (χ1n) is 5.02. The van der Waals surface area contributed by atoms with Gasteiger partial charge in [-0.15, -0.1) is 0 Å². The van der Waals surface area contributed by atoms with Crippen LogP contribution in [-0.4, -0.2) is 24.5 Å². The van der Waals surface area contributed by atoms with Crippen LogP contribution in [0.2, 0.25) is 0 Å². The maximum Gasteiger partial charge on any atom is 0.234 e. The van der Waals surface area contributed by atoms with Gasteiger partial charge < -0.3 is 10.6 Å². The highest BCUT2D eigenvalue weighted by Gasteiger charge is 2.21. The third kappa shape index (κ3) is 2.84. The largest absolute Gasteiger partial charge is 0.352 e. The first kappa shape index (κ1) is 8.75. The topological polar surface area (TPSA) is 41.1 Å². The summed E-state index contributed by atoms with van der Waals surface area (Å²) >= 11 is 0. The van der Waals surface area contributed by atoms with Gasteiger partial charge in [-0.05, 0) is 25.7 Å². The standard InChI is InChI=1S/C10H16N2O/c13-10(7-11-8-5-6-8)12-9-3-1-2-4-9/h1-2,8-9,11H,3-7H2,(H,12,13). The van der Waals surface area contributed by atoms with E-state index in [4.69, 9.17) is 0 Å². The minimum absolute atomic E-state index is 0.139. The van der Waals surface area contributed by atoms with E-state index in [-0.39, 0.29) is 5.91 Å². The van der Waals surface area contributed by atoms with E-state index in [1.807, 2.05) is 0 Å². The van der Waals surface area contributed by atoms with Crippen LogP contribution in [0.3, 0.4) is 0 Å². The SMILES string of the molecule is O=C(CNC1CC1)NC1CC=CC1. The molecular formula is C10H16N2O. The Kier molecular flexibility index (Phi) is 2.64. The molecule has 72 valence electrons. The normalized spacial score (nSPS) is 22.2. The number of nitrogens with one attached hydrogen (secondary N) is 2. The fourth-order valence-electron chi connectivity index (χ4n) is 1.54. The van der Waals surface area contributed by atoms with Crippen LogP contribution in [0.25, 0.3) is 0 Å². The molecule has 0 bridgehead atoms. The maximum absolute atomic E-state index is 11.3. The molecule has 2 rings (SSSR count). The molecule has 0 aromatic rings. The summed E-state index contributed by atoms with van der Waals surface area (Å²) in [6, 6.07) is 0.973. The van der Waals surface area contributed by atoms with E-state index in [0.29, 0.717) is 18.6 Å². The number of hydrogen-bond donors (Lipinski definition) is 2. The van der Waals surface area contributed by atoms with Gasteiger partial charge in [0.2, 0.25) is 5.91 Å². The van der Waals surface area contributed by atoms with Crippen LogP contribution in [0.1, 0.15) is 25.7 Å². The fraction of sp³-hybridized carbons (Fsp3) is 0.700. The smallest absolute Gasteiger partial charge is 0.234 e. The quantitative estimate of drug-likeness (QED) is 0.621. The van der Waals surface area contributed by atoms with Crippen molar-refractivity contribution in [3.05, 3.63) is 12.2 Å². The van der Waals surface area contributed by atoms with Crippen molar-refractivity contribution < 1.29 is 4.79 Å². The lowest BCUT2D eigenvalue weighted by Gasteiger charge is -2.11. The Balaban J connectivity index is 1.59. The van der Waals surface area contributed by atoms with Gasteiger partial charge in [-0.25, -0.2) is 0 Å². The van der Waals surface area contributed by atoms with Crippen molar-refractivity contribution in [2.45, 2.75) is 37.8 Å². The van der Waals surface area contributed by atoms with Crippen molar-refractivity contribution in [3.8, 4) is 0 Å². The second-order valence-electron chi connectivity index (χ2n) is 3.86. The molecule has 2 aliphatic rings. The van der Waals surface area contributed by atoms with Gasteiger partial charge in [-0.3, -0.25) is 4.79 Å². The van der Waals surface area contributed by atoms with Crippen LogP contribution >= 0.6 is 0 Å². The number of carbonyl (C=O) groups is 1. The van der Waals surface area contributed by atoms with Crippen molar-refractivity contribution in [1.82, 2.24) is 10.6 Å². The molecule has 3 heteroatoms. The minimum atomic E-state index is 0.139. The van der Waals surface area contributed by atoms with Crippen molar-refractivity contribution >= 4 is 5.91 Å². The highest BCUT2D eigenvalue weighted by molar-refractivity contribution is 5.78. The molecule has 0 saturated heterocycles. The molecule has 3 nitrogen and oxygen atoms in total. The monoisotopic (exact) mass is 180 g/mol. The van der Waals surface area contributed by atoms with Gasteiger partial charge in [0.15, 0.2) is 0 Å². The molecule has 13 heavy (non-hydrogen) atoms. The first-order chi connectivity index (χ1) is 6.34. The van der Waals surface area contributed by atoms with Gasteiger partial charge in [0.05, 0.1) is 6.54 Å². The van der Waals surface area contributed by atoms with Gasteiger partial charge >= 0.3 is 0 Å². The van der Waals surface area contributed by atoms with E-state index < -0.39 is 0 Å². The molecule has 0 aromatic carbocycles. The molecule has 0 atom stereocenters. The average Bonchev–Trinajstić information content (AvgIpc) is 2.82. The van der Waals surface area contributed by atoms with E-state index in [1.54, 1.807) is 0 Å². The molecule has 0 heterocycles. The molecule has 2 N–H and O–H groups in total.